The van der Waals surface area contributed by atoms with Gasteiger partial charge in [-0.25, -0.2) is 8.42 Å². The lowest BCUT2D eigenvalue weighted by Gasteiger charge is -2.26. The summed E-state index contributed by atoms with van der Waals surface area (Å²) in [6.07, 6.45) is 1.27. The van der Waals surface area contributed by atoms with E-state index in [0.717, 1.165) is 13.0 Å². The van der Waals surface area contributed by atoms with Crippen LogP contribution in [-0.2, 0) is 14.6 Å². The Morgan fingerprint density at radius 1 is 1.32 bits per heavy atom. The second-order valence-corrected chi connectivity index (χ2v) is 7.00. The van der Waals surface area contributed by atoms with Crippen LogP contribution in [0.25, 0.3) is 0 Å². The Morgan fingerprint density at radius 2 is 2.00 bits per heavy atom. The van der Waals surface area contributed by atoms with E-state index in [1.807, 2.05) is 0 Å². The Bertz CT molecular complexity index is 535. The van der Waals surface area contributed by atoms with Gasteiger partial charge in [-0.2, -0.15) is 0 Å². The molecule has 2 atom stereocenters. The molecule has 2 unspecified atom stereocenters. The molecule has 0 saturated carbocycles. The van der Waals surface area contributed by atoms with Gasteiger partial charge in [0.15, 0.2) is 15.1 Å². The fourth-order valence-corrected chi connectivity index (χ4v) is 4.44. The number of nitrogens with one attached hydrogen (secondary N) is 1. The standard InChI is InChI=1S/C13H17NO4S/c15-13(16)12(10-5-2-1-3-6-10)19(17,18)11-7-4-8-14-9-11/h1-3,5-6,11-12,14H,4,7-9H2,(H,15,16). The number of piperidine rings is 1. The van der Waals surface area contributed by atoms with Gasteiger partial charge in [-0.3, -0.25) is 4.79 Å². The molecule has 2 N–H and O–H groups in total. The SMILES string of the molecule is O=C(O)C(c1ccccc1)S(=O)(=O)C1CCCNC1. The molecule has 6 heteroatoms. The molecule has 1 saturated heterocycles. The van der Waals surface area contributed by atoms with E-state index in [1.165, 1.54) is 0 Å². The number of benzene rings is 1. The number of hydrogen-bond donors (Lipinski definition) is 2. The van der Waals surface area contributed by atoms with Crippen molar-refractivity contribution in [2.45, 2.75) is 23.3 Å². The maximum Gasteiger partial charge on any atom is 0.326 e. The van der Waals surface area contributed by atoms with Gasteiger partial charge < -0.3 is 10.4 Å². The molecule has 1 aromatic carbocycles. The number of carbonyl (C=O) groups is 1. The zero-order chi connectivity index (χ0) is 13.9. The van der Waals surface area contributed by atoms with Crippen molar-refractivity contribution >= 4 is 15.8 Å². The van der Waals surface area contributed by atoms with Crippen molar-refractivity contribution in [3.05, 3.63) is 35.9 Å². The summed E-state index contributed by atoms with van der Waals surface area (Å²) in [5, 5.41) is 10.2. The van der Waals surface area contributed by atoms with E-state index in [-0.39, 0.29) is 0 Å². The van der Waals surface area contributed by atoms with Gasteiger partial charge in [-0.05, 0) is 24.9 Å². The quantitative estimate of drug-likeness (QED) is 0.860. The highest BCUT2D eigenvalue weighted by molar-refractivity contribution is 7.93. The van der Waals surface area contributed by atoms with Crippen molar-refractivity contribution < 1.29 is 18.3 Å². The van der Waals surface area contributed by atoms with Gasteiger partial charge in [-0.15, -0.1) is 0 Å². The van der Waals surface area contributed by atoms with Crippen LogP contribution in [0.5, 0.6) is 0 Å². The summed E-state index contributed by atoms with van der Waals surface area (Å²) in [5.41, 5.74) is 0.320. The molecule has 2 rings (SSSR count). The van der Waals surface area contributed by atoms with Gasteiger partial charge in [0, 0.05) is 6.54 Å². The average Bonchev–Trinajstić information content (AvgIpc) is 2.40. The highest BCUT2D eigenvalue weighted by Crippen LogP contribution is 2.28. The van der Waals surface area contributed by atoms with Crippen molar-refractivity contribution in [3.63, 3.8) is 0 Å². The molecular weight excluding hydrogens is 266 g/mol. The number of aliphatic carboxylic acids is 1. The van der Waals surface area contributed by atoms with Crippen LogP contribution in [0.3, 0.4) is 0 Å². The Hall–Kier alpha value is -1.40. The molecule has 0 radical (unpaired) electrons. The molecule has 19 heavy (non-hydrogen) atoms. The Morgan fingerprint density at radius 3 is 2.53 bits per heavy atom. The first-order chi connectivity index (χ1) is 9.03. The highest BCUT2D eigenvalue weighted by Gasteiger charge is 2.40. The third-order valence-corrected chi connectivity index (χ3v) is 5.83. The lowest BCUT2D eigenvalue weighted by Crippen LogP contribution is -2.42. The van der Waals surface area contributed by atoms with Crippen LogP contribution in [0.1, 0.15) is 23.7 Å². The second-order valence-electron chi connectivity index (χ2n) is 4.69. The predicted molar refractivity (Wildman–Crippen MR) is 71.6 cm³/mol. The van der Waals surface area contributed by atoms with E-state index in [2.05, 4.69) is 5.32 Å². The van der Waals surface area contributed by atoms with Crippen LogP contribution >= 0.6 is 0 Å². The lowest BCUT2D eigenvalue weighted by molar-refractivity contribution is -0.136. The maximum atomic E-state index is 12.5. The topological polar surface area (TPSA) is 83.5 Å². The van der Waals surface area contributed by atoms with Gasteiger partial charge >= 0.3 is 5.97 Å². The first-order valence-corrected chi connectivity index (χ1v) is 7.85. The van der Waals surface area contributed by atoms with E-state index in [1.54, 1.807) is 30.3 Å². The molecule has 0 bridgehead atoms. The van der Waals surface area contributed by atoms with Gasteiger partial charge in [0.1, 0.15) is 0 Å². The predicted octanol–water partition coefficient (Wildman–Crippen LogP) is 0.979. The molecule has 5 nitrogen and oxygen atoms in total. The summed E-state index contributed by atoms with van der Waals surface area (Å²) in [7, 11) is -3.74. The fourth-order valence-electron chi connectivity index (χ4n) is 2.39. The number of carboxylic acid groups (broad SMARTS) is 1. The summed E-state index contributed by atoms with van der Waals surface area (Å²) in [4.78, 5) is 11.4. The van der Waals surface area contributed by atoms with E-state index in [4.69, 9.17) is 0 Å². The van der Waals surface area contributed by atoms with E-state index >= 15 is 0 Å². The molecule has 1 aromatic rings. The molecule has 1 heterocycles. The molecule has 0 aliphatic carbocycles. The number of sulfone groups is 1. The zero-order valence-corrected chi connectivity index (χ0v) is 11.3. The number of hydrogen-bond acceptors (Lipinski definition) is 4. The average molecular weight is 283 g/mol. The monoisotopic (exact) mass is 283 g/mol. The number of rotatable bonds is 4. The van der Waals surface area contributed by atoms with Crippen LogP contribution in [0, 0.1) is 0 Å². The summed E-state index contributed by atoms with van der Waals surface area (Å²) >= 11 is 0. The van der Waals surface area contributed by atoms with E-state index in [9.17, 15) is 18.3 Å². The fraction of sp³-hybridized carbons (Fsp3) is 0.462. The third-order valence-electron chi connectivity index (χ3n) is 3.37. The van der Waals surface area contributed by atoms with Crippen molar-refractivity contribution in [1.29, 1.82) is 0 Å². The molecule has 0 spiro atoms. The maximum absolute atomic E-state index is 12.5. The minimum atomic E-state index is -3.74. The summed E-state index contributed by atoms with van der Waals surface area (Å²) < 4.78 is 25.0. The highest BCUT2D eigenvalue weighted by atomic mass is 32.2. The van der Waals surface area contributed by atoms with Gasteiger partial charge in [0.05, 0.1) is 5.25 Å². The smallest absolute Gasteiger partial charge is 0.326 e. The zero-order valence-electron chi connectivity index (χ0n) is 10.5. The third kappa shape index (κ3) is 2.96. The first-order valence-electron chi connectivity index (χ1n) is 6.24. The first kappa shape index (κ1) is 14.0. The lowest BCUT2D eigenvalue weighted by atomic mass is 10.1. The molecule has 0 amide bonds. The van der Waals surface area contributed by atoms with Crippen LogP contribution in [-0.4, -0.2) is 37.8 Å². The number of carboxylic acids is 1. The molecule has 104 valence electrons. The van der Waals surface area contributed by atoms with E-state index < -0.39 is 26.3 Å². The molecular formula is C13H17NO4S. The van der Waals surface area contributed by atoms with Crippen molar-refractivity contribution in [2.75, 3.05) is 13.1 Å². The largest absolute Gasteiger partial charge is 0.480 e. The second kappa shape index (κ2) is 5.71. The van der Waals surface area contributed by atoms with Gasteiger partial charge in [0.2, 0.25) is 0 Å². The van der Waals surface area contributed by atoms with Crippen LogP contribution < -0.4 is 5.32 Å². The van der Waals surface area contributed by atoms with Gasteiger partial charge in [-0.1, -0.05) is 30.3 Å². The van der Waals surface area contributed by atoms with Crippen molar-refractivity contribution in [1.82, 2.24) is 5.32 Å². The summed E-state index contributed by atoms with van der Waals surface area (Å²) in [6, 6.07) is 8.14. The minimum Gasteiger partial charge on any atom is -0.480 e. The van der Waals surface area contributed by atoms with Crippen LogP contribution in [0.15, 0.2) is 30.3 Å². The Labute approximate surface area is 112 Å². The summed E-state index contributed by atoms with van der Waals surface area (Å²) in [5.74, 6) is -1.31. The molecule has 1 aliphatic heterocycles. The molecule has 1 fully saturated rings. The van der Waals surface area contributed by atoms with E-state index in [0.29, 0.717) is 18.5 Å². The van der Waals surface area contributed by atoms with Crippen molar-refractivity contribution in [3.8, 4) is 0 Å². The van der Waals surface area contributed by atoms with Crippen molar-refractivity contribution in [2.24, 2.45) is 0 Å². The molecule has 0 aromatic heterocycles. The minimum absolute atomic E-state index is 0.320. The van der Waals surface area contributed by atoms with Gasteiger partial charge in [0.25, 0.3) is 0 Å². The van der Waals surface area contributed by atoms with Crippen LogP contribution in [0.2, 0.25) is 0 Å². The summed E-state index contributed by atoms with van der Waals surface area (Å²) in [6.45, 7) is 1.12. The molecule has 1 aliphatic rings. The normalized spacial score (nSPS) is 21.8. The Balaban J connectivity index is 2.36. The van der Waals surface area contributed by atoms with Crippen LogP contribution in [0.4, 0.5) is 0 Å². The Kier molecular flexibility index (Phi) is 4.21.